The van der Waals surface area contributed by atoms with Crippen molar-refractivity contribution in [2.45, 2.75) is 27.2 Å². The standard InChI is InChI=1S/C12H19ClN4S/c1-4-6-11(9(3)13)18-16-12(14)17-8-10(5-2)7-15-17/h4,6-7,10H,5,8H2,1-3H3,(H2,14,16)/b6-4-,11-9-. The third-order valence-corrected chi connectivity index (χ3v) is 3.74. The summed E-state index contributed by atoms with van der Waals surface area (Å²) in [6.07, 6.45) is 6.81. The molecule has 0 aromatic carbocycles. The summed E-state index contributed by atoms with van der Waals surface area (Å²) in [5.41, 5.74) is 5.89. The molecule has 2 N–H and O–H groups in total. The number of halogens is 1. The molecule has 0 fully saturated rings. The number of hydrazone groups is 1. The molecule has 0 saturated carbocycles. The first-order valence-electron chi connectivity index (χ1n) is 5.89. The molecule has 0 aliphatic carbocycles. The summed E-state index contributed by atoms with van der Waals surface area (Å²) in [7, 11) is 0. The predicted molar refractivity (Wildman–Crippen MR) is 81.6 cm³/mol. The SMILES string of the molecule is C/C=C\C(S/N=C(\N)N1CC(CC)C=N1)=C(/C)Cl. The van der Waals surface area contributed by atoms with E-state index in [9.17, 15) is 0 Å². The molecule has 0 bridgehead atoms. The van der Waals surface area contributed by atoms with Gasteiger partial charge in [-0.3, -0.25) is 0 Å². The molecule has 0 aromatic rings. The maximum Gasteiger partial charge on any atom is 0.224 e. The minimum absolute atomic E-state index is 0.409. The van der Waals surface area contributed by atoms with Gasteiger partial charge in [0.05, 0.1) is 6.54 Å². The van der Waals surface area contributed by atoms with Crippen molar-refractivity contribution in [1.82, 2.24) is 5.01 Å². The summed E-state index contributed by atoms with van der Waals surface area (Å²) in [5, 5.41) is 6.65. The fraction of sp³-hybridized carbons (Fsp3) is 0.500. The normalized spacial score (nSPS) is 21.9. The average molecular weight is 287 g/mol. The zero-order valence-corrected chi connectivity index (χ0v) is 12.5. The minimum Gasteiger partial charge on any atom is -0.368 e. The highest BCUT2D eigenvalue weighted by Crippen LogP contribution is 2.25. The Kier molecular flexibility index (Phi) is 6.29. The van der Waals surface area contributed by atoms with E-state index in [-0.39, 0.29) is 0 Å². The molecule has 18 heavy (non-hydrogen) atoms. The smallest absolute Gasteiger partial charge is 0.224 e. The molecule has 1 aliphatic heterocycles. The van der Waals surface area contributed by atoms with Gasteiger partial charge in [0.2, 0.25) is 5.96 Å². The van der Waals surface area contributed by atoms with E-state index in [1.807, 2.05) is 32.2 Å². The van der Waals surface area contributed by atoms with Crippen LogP contribution in [0.15, 0.2) is 31.6 Å². The summed E-state index contributed by atoms with van der Waals surface area (Å²) < 4.78 is 4.24. The van der Waals surface area contributed by atoms with Crippen LogP contribution < -0.4 is 5.73 Å². The number of nitrogens with zero attached hydrogens (tertiary/aromatic N) is 3. The number of nitrogens with two attached hydrogens (primary N) is 1. The van der Waals surface area contributed by atoms with Crippen molar-refractivity contribution in [2.75, 3.05) is 6.54 Å². The average Bonchev–Trinajstić information content (AvgIpc) is 2.82. The van der Waals surface area contributed by atoms with Gasteiger partial charge in [-0.25, -0.2) is 5.01 Å². The van der Waals surface area contributed by atoms with Gasteiger partial charge in [0.25, 0.3) is 0 Å². The zero-order chi connectivity index (χ0) is 13.5. The van der Waals surface area contributed by atoms with Crippen LogP contribution >= 0.6 is 23.5 Å². The van der Waals surface area contributed by atoms with Gasteiger partial charge in [-0.05, 0) is 26.3 Å². The van der Waals surface area contributed by atoms with Crippen LogP contribution in [0.25, 0.3) is 0 Å². The Morgan fingerprint density at radius 2 is 2.44 bits per heavy atom. The van der Waals surface area contributed by atoms with E-state index in [0.29, 0.717) is 16.9 Å². The summed E-state index contributed by atoms with van der Waals surface area (Å²) in [4.78, 5) is 0.886. The van der Waals surface area contributed by atoms with Crippen LogP contribution in [-0.4, -0.2) is 23.7 Å². The van der Waals surface area contributed by atoms with E-state index in [1.165, 1.54) is 11.9 Å². The largest absolute Gasteiger partial charge is 0.368 e. The number of allylic oxidation sites excluding steroid dienone is 3. The second-order valence-electron chi connectivity index (χ2n) is 3.95. The van der Waals surface area contributed by atoms with Crippen LogP contribution in [0.5, 0.6) is 0 Å². The second-order valence-corrected chi connectivity index (χ2v) is 5.33. The monoisotopic (exact) mass is 286 g/mol. The van der Waals surface area contributed by atoms with Gasteiger partial charge in [-0.1, -0.05) is 24.6 Å². The van der Waals surface area contributed by atoms with Gasteiger partial charge in [0.1, 0.15) is 0 Å². The van der Waals surface area contributed by atoms with Crippen LogP contribution in [0.3, 0.4) is 0 Å². The molecule has 6 heteroatoms. The second kappa shape index (κ2) is 7.48. The molecule has 0 aromatic heterocycles. The van der Waals surface area contributed by atoms with Crippen molar-refractivity contribution in [1.29, 1.82) is 0 Å². The maximum absolute atomic E-state index is 5.97. The molecule has 1 aliphatic rings. The lowest BCUT2D eigenvalue weighted by Gasteiger charge is -2.13. The van der Waals surface area contributed by atoms with Crippen molar-refractivity contribution in [3.05, 3.63) is 22.1 Å². The topological polar surface area (TPSA) is 54.0 Å². The fourth-order valence-corrected chi connectivity index (χ4v) is 2.16. The van der Waals surface area contributed by atoms with Crippen molar-refractivity contribution >= 4 is 35.7 Å². The Bertz CT molecular complexity index is 397. The lowest BCUT2D eigenvalue weighted by molar-refractivity contribution is 0.437. The van der Waals surface area contributed by atoms with E-state index < -0.39 is 0 Å². The molecule has 1 atom stereocenters. The Labute approximate surface area is 118 Å². The van der Waals surface area contributed by atoms with Crippen LogP contribution in [0, 0.1) is 5.92 Å². The Morgan fingerprint density at radius 3 is 2.94 bits per heavy atom. The van der Waals surface area contributed by atoms with Crippen LogP contribution in [0.4, 0.5) is 0 Å². The highest BCUT2D eigenvalue weighted by molar-refractivity contribution is 8.02. The van der Waals surface area contributed by atoms with Crippen LogP contribution in [-0.2, 0) is 0 Å². The van der Waals surface area contributed by atoms with Crippen LogP contribution in [0.1, 0.15) is 27.2 Å². The highest BCUT2D eigenvalue weighted by atomic mass is 35.5. The number of guanidine groups is 1. The molecule has 0 saturated heterocycles. The molecule has 4 nitrogen and oxygen atoms in total. The van der Waals surface area contributed by atoms with Crippen molar-refractivity contribution in [3.8, 4) is 0 Å². The van der Waals surface area contributed by atoms with Gasteiger partial charge in [-0.15, -0.1) is 0 Å². The van der Waals surface area contributed by atoms with Crippen molar-refractivity contribution in [2.24, 2.45) is 21.2 Å². The Morgan fingerprint density at radius 1 is 1.72 bits per heavy atom. The highest BCUT2D eigenvalue weighted by Gasteiger charge is 2.18. The molecule has 0 amide bonds. The lowest BCUT2D eigenvalue weighted by atomic mass is 10.1. The van der Waals surface area contributed by atoms with E-state index in [0.717, 1.165) is 17.9 Å². The van der Waals surface area contributed by atoms with E-state index in [4.69, 9.17) is 17.3 Å². The van der Waals surface area contributed by atoms with E-state index in [2.05, 4.69) is 16.4 Å². The molecular formula is C12H19ClN4S. The molecule has 0 spiro atoms. The Balaban J connectivity index is 2.63. The summed E-state index contributed by atoms with van der Waals surface area (Å²) in [6, 6.07) is 0. The number of hydrogen-bond donors (Lipinski definition) is 1. The van der Waals surface area contributed by atoms with Crippen LogP contribution in [0.2, 0.25) is 0 Å². The molecule has 1 unspecified atom stereocenters. The lowest BCUT2D eigenvalue weighted by Crippen LogP contribution is -2.32. The van der Waals surface area contributed by atoms with Gasteiger partial charge in [-0.2, -0.15) is 9.50 Å². The van der Waals surface area contributed by atoms with Crippen molar-refractivity contribution in [3.63, 3.8) is 0 Å². The first-order chi connectivity index (χ1) is 8.58. The van der Waals surface area contributed by atoms with Gasteiger partial charge in [0.15, 0.2) is 0 Å². The predicted octanol–water partition coefficient (Wildman–Crippen LogP) is 3.32. The molecule has 0 radical (unpaired) electrons. The maximum atomic E-state index is 5.97. The summed E-state index contributed by atoms with van der Waals surface area (Å²) in [5.74, 6) is 0.871. The van der Waals surface area contributed by atoms with Gasteiger partial charge in [0, 0.05) is 34.0 Å². The molecular weight excluding hydrogens is 268 g/mol. The van der Waals surface area contributed by atoms with E-state index >= 15 is 0 Å². The first kappa shape index (κ1) is 15.1. The molecule has 1 rings (SSSR count). The minimum atomic E-state index is 0.409. The quantitative estimate of drug-likeness (QED) is 0.373. The molecule has 100 valence electrons. The number of rotatable bonds is 4. The summed E-state index contributed by atoms with van der Waals surface area (Å²) in [6.45, 7) is 6.70. The van der Waals surface area contributed by atoms with Crippen molar-refractivity contribution < 1.29 is 0 Å². The Hall–Kier alpha value is -0.940. The third-order valence-electron chi connectivity index (χ3n) is 2.51. The molecule has 1 heterocycles. The van der Waals surface area contributed by atoms with E-state index in [1.54, 1.807) is 5.01 Å². The van der Waals surface area contributed by atoms with Gasteiger partial charge < -0.3 is 5.73 Å². The fourth-order valence-electron chi connectivity index (χ4n) is 1.38. The van der Waals surface area contributed by atoms with Gasteiger partial charge >= 0.3 is 0 Å². The number of hydrogen-bond acceptors (Lipinski definition) is 3. The zero-order valence-electron chi connectivity index (χ0n) is 10.9. The summed E-state index contributed by atoms with van der Waals surface area (Å²) >= 11 is 7.23. The first-order valence-corrected chi connectivity index (χ1v) is 7.04. The third kappa shape index (κ3) is 4.38.